The highest BCUT2D eigenvalue weighted by Gasteiger charge is 2.25. The molecular weight excluding hydrogens is 266 g/mol. The van der Waals surface area contributed by atoms with Gasteiger partial charge in [-0.25, -0.2) is 4.79 Å². The molecule has 1 N–H and O–H groups in total. The molecule has 0 saturated heterocycles. The molecule has 0 unspecified atom stereocenters. The quantitative estimate of drug-likeness (QED) is 0.783. The van der Waals surface area contributed by atoms with Crippen molar-refractivity contribution in [1.29, 1.82) is 0 Å². The van der Waals surface area contributed by atoms with Gasteiger partial charge < -0.3 is 14.7 Å². The first-order chi connectivity index (χ1) is 9.76. The zero-order chi connectivity index (χ0) is 16.0. The first-order valence-corrected chi connectivity index (χ1v) is 7.55. The predicted molar refractivity (Wildman–Crippen MR) is 84.4 cm³/mol. The predicted octanol–water partition coefficient (Wildman–Crippen LogP) is 4.10. The van der Waals surface area contributed by atoms with E-state index >= 15 is 0 Å². The largest absolute Gasteiger partial charge is 0.508 e. The van der Waals surface area contributed by atoms with E-state index in [-0.39, 0.29) is 11.8 Å². The Hall–Kier alpha value is -1.71. The average Bonchev–Trinajstić information content (AvgIpc) is 2.37. The van der Waals surface area contributed by atoms with Crippen LogP contribution < -0.4 is 0 Å². The van der Waals surface area contributed by atoms with Gasteiger partial charge in [0.2, 0.25) is 0 Å². The number of carbonyl (C=O) groups excluding carboxylic acids is 1. The summed E-state index contributed by atoms with van der Waals surface area (Å²) in [4.78, 5) is 13.6. The van der Waals surface area contributed by atoms with E-state index in [1.165, 1.54) is 6.42 Å². The lowest BCUT2D eigenvalue weighted by Gasteiger charge is -2.31. The van der Waals surface area contributed by atoms with E-state index in [1.54, 1.807) is 17.0 Å². The summed E-state index contributed by atoms with van der Waals surface area (Å²) in [5, 5.41) is 9.41. The van der Waals surface area contributed by atoms with Crippen LogP contribution in [0, 0.1) is 0 Å². The maximum Gasteiger partial charge on any atom is 0.410 e. The number of carbonyl (C=O) groups is 1. The number of hydrogen-bond donors (Lipinski definition) is 1. The molecule has 1 aliphatic rings. The fourth-order valence-corrected chi connectivity index (χ4v) is 2.02. The maximum absolute atomic E-state index is 11.9. The molecule has 0 aliphatic carbocycles. The second-order valence-electron chi connectivity index (χ2n) is 6.31. The van der Waals surface area contributed by atoms with Crippen LogP contribution in [0.3, 0.4) is 0 Å². The molecule has 1 aromatic carbocycles. The van der Waals surface area contributed by atoms with Crippen LogP contribution in [-0.2, 0) is 17.7 Å². The van der Waals surface area contributed by atoms with Crippen LogP contribution in [0.2, 0.25) is 0 Å². The summed E-state index contributed by atoms with van der Waals surface area (Å²) >= 11 is 0. The number of phenols is 1. The first kappa shape index (κ1) is 17.3. The Morgan fingerprint density at radius 3 is 2.48 bits per heavy atom. The summed E-state index contributed by atoms with van der Waals surface area (Å²) in [6.45, 7) is 11.0. The molecule has 0 bridgehead atoms. The van der Waals surface area contributed by atoms with E-state index in [4.69, 9.17) is 4.74 Å². The topological polar surface area (TPSA) is 49.8 Å². The fourth-order valence-electron chi connectivity index (χ4n) is 2.02. The monoisotopic (exact) mass is 293 g/mol. The van der Waals surface area contributed by atoms with Crippen LogP contribution in [0.15, 0.2) is 18.2 Å². The van der Waals surface area contributed by atoms with E-state index in [0.717, 1.165) is 17.5 Å². The molecule has 1 aromatic rings. The van der Waals surface area contributed by atoms with Crippen molar-refractivity contribution < 1.29 is 14.6 Å². The molecule has 0 fully saturated rings. The van der Waals surface area contributed by atoms with Crippen molar-refractivity contribution in [3.05, 3.63) is 29.3 Å². The Morgan fingerprint density at radius 2 is 1.90 bits per heavy atom. The molecule has 4 heteroatoms. The summed E-state index contributed by atoms with van der Waals surface area (Å²) in [7, 11) is 0. The molecule has 118 valence electrons. The van der Waals surface area contributed by atoms with Gasteiger partial charge in [-0.2, -0.15) is 0 Å². The average molecular weight is 293 g/mol. The third kappa shape index (κ3) is 5.66. The van der Waals surface area contributed by atoms with Crippen LogP contribution in [0.4, 0.5) is 4.79 Å². The van der Waals surface area contributed by atoms with Gasteiger partial charge in [0.15, 0.2) is 0 Å². The second kappa shape index (κ2) is 7.34. The normalized spacial score (nSPS) is 13.9. The molecule has 0 atom stereocenters. The van der Waals surface area contributed by atoms with Gasteiger partial charge in [-0.05, 0) is 50.5 Å². The van der Waals surface area contributed by atoms with Crippen molar-refractivity contribution in [3.63, 3.8) is 0 Å². The highest BCUT2D eigenvalue weighted by Crippen LogP contribution is 2.24. The smallest absolute Gasteiger partial charge is 0.410 e. The van der Waals surface area contributed by atoms with Crippen LogP contribution in [-0.4, -0.2) is 28.2 Å². The fraction of sp³-hybridized carbons (Fsp3) is 0.588. The molecule has 0 spiro atoms. The van der Waals surface area contributed by atoms with E-state index in [2.05, 4.69) is 13.8 Å². The number of ether oxygens (including phenoxy) is 1. The van der Waals surface area contributed by atoms with Crippen LogP contribution >= 0.6 is 0 Å². The third-order valence-electron chi connectivity index (χ3n) is 2.85. The van der Waals surface area contributed by atoms with Crippen molar-refractivity contribution in [2.24, 2.45) is 0 Å². The lowest BCUT2D eigenvalue weighted by atomic mass is 10.00. The molecule has 0 radical (unpaired) electrons. The minimum atomic E-state index is -0.466. The van der Waals surface area contributed by atoms with E-state index < -0.39 is 5.60 Å². The van der Waals surface area contributed by atoms with Crippen molar-refractivity contribution in [2.45, 2.75) is 59.6 Å². The number of amides is 1. The summed E-state index contributed by atoms with van der Waals surface area (Å²) in [5.41, 5.74) is 1.71. The Morgan fingerprint density at radius 1 is 1.29 bits per heavy atom. The Balaban J connectivity index is 0.000000677. The van der Waals surface area contributed by atoms with Crippen LogP contribution in [0.25, 0.3) is 0 Å². The maximum atomic E-state index is 11.9. The molecule has 0 saturated carbocycles. The Labute approximate surface area is 127 Å². The van der Waals surface area contributed by atoms with Crippen molar-refractivity contribution in [1.82, 2.24) is 4.90 Å². The number of rotatable bonds is 0. The molecule has 21 heavy (non-hydrogen) atoms. The molecule has 1 heterocycles. The van der Waals surface area contributed by atoms with E-state index in [1.807, 2.05) is 26.8 Å². The zero-order valence-electron chi connectivity index (χ0n) is 13.8. The molecular formula is C17H27NO3. The molecule has 4 nitrogen and oxygen atoms in total. The van der Waals surface area contributed by atoms with Crippen LogP contribution in [0.5, 0.6) is 5.75 Å². The summed E-state index contributed by atoms with van der Waals surface area (Å²) in [6, 6.07) is 5.28. The van der Waals surface area contributed by atoms with Gasteiger partial charge in [0.25, 0.3) is 0 Å². The zero-order valence-corrected chi connectivity index (χ0v) is 13.8. The minimum Gasteiger partial charge on any atom is -0.508 e. The van der Waals surface area contributed by atoms with Gasteiger partial charge in [-0.1, -0.05) is 26.3 Å². The van der Waals surface area contributed by atoms with E-state index in [0.29, 0.717) is 13.1 Å². The van der Waals surface area contributed by atoms with Crippen molar-refractivity contribution in [2.75, 3.05) is 6.54 Å². The Kier molecular flexibility index (Phi) is 6.06. The SMILES string of the molecule is CC(C)(C)OC(=O)N1CCc2cc(O)ccc2C1.CCC. The number of hydrogen-bond acceptors (Lipinski definition) is 3. The van der Waals surface area contributed by atoms with Crippen molar-refractivity contribution >= 4 is 6.09 Å². The Bertz CT molecular complexity index is 477. The summed E-state index contributed by atoms with van der Waals surface area (Å²) < 4.78 is 5.35. The van der Waals surface area contributed by atoms with Gasteiger partial charge >= 0.3 is 6.09 Å². The standard InChI is InChI=1S/C14H19NO3.C3H8/c1-14(2,3)18-13(17)15-7-6-10-8-12(16)5-4-11(10)9-15;1-3-2/h4-5,8,16H,6-7,9H2,1-3H3;3H2,1-2H3. The molecule has 2 rings (SSSR count). The first-order valence-electron chi connectivity index (χ1n) is 7.55. The highest BCUT2D eigenvalue weighted by molar-refractivity contribution is 5.68. The molecule has 0 aromatic heterocycles. The lowest BCUT2D eigenvalue weighted by molar-refractivity contribution is 0.0224. The second-order valence-corrected chi connectivity index (χ2v) is 6.31. The van der Waals surface area contributed by atoms with Gasteiger partial charge in [-0.15, -0.1) is 0 Å². The van der Waals surface area contributed by atoms with Gasteiger partial charge in [-0.3, -0.25) is 0 Å². The number of aromatic hydroxyl groups is 1. The number of benzene rings is 1. The minimum absolute atomic E-state index is 0.277. The summed E-state index contributed by atoms with van der Waals surface area (Å²) in [6.07, 6.45) is 1.73. The number of phenolic OH excluding ortho intramolecular Hbond substituents is 1. The molecule has 1 aliphatic heterocycles. The third-order valence-corrected chi connectivity index (χ3v) is 2.85. The van der Waals surface area contributed by atoms with Gasteiger partial charge in [0, 0.05) is 13.1 Å². The van der Waals surface area contributed by atoms with Crippen molar-refractivity contribution in [3.8, 4) is 5.75 Å². The van der Waals surface area contributed by atoms with Crippen LogP contribution in [0.1, 0.15) is 52.2 Å². The number of nitrogens with zero attached hydrogens (tertiary/aromatic N) is 1. The lowest BCUT2D eigenvalue weighted by Crippen LogP contribution is -2.39. The van der Waals surface area contributed by atoms with Gasteiger partial charge in [0.05, 0.1) is 0 Å². The van der Waals surface area contributed by atoms with Gasteiger partial charge in [0.1, 0.15) is 11.4 Å². The number of fused-ring (bicyclic) bond motifs is 1. The summed E-state index contributed by atoms with van der Waals surface area (Å²) in [5.74, 6) is 0.277. The van der Waals surface area contributed by atoms with E-state index in [9.17, 15) is 9.90 Å². The molecule has 1 amide bonds. The highest BCUT2D eigenvalue weighted by atomic mass is 16.6.